The number of sulfonamides is 1. The molecule has 152 valence electrons. The smallest absolute Gasteiger partial charge is 0.271 e. The summed E-state index contributed by atoms with van der Waals surface area (Å²) in [6.07, 6.45) is 0.0452. The van der Waals surface area contributed by atoms with Crippen molar-refractivity contribution in [3.05, 3.63) is 54.1 Å². The topological polar surface area (TPSA) is 134 Å². The Kier molecular flexibility index (Phi) is 5.66. The van der Waals surface area contributed by atoms with Crippen LogP contribution in [0.2, 0.25) is 0 Å². The maximum absolute atomic E-state index is 12.7. The standard InChI is InChI=1S/C19H21N5O4S/c1-12-8-9-13(10-17(12)29(27,28)21-2)22-19(26)15-11-16(18(20)25)24(23-15)14-6-4-3-5-7-14/h3-10,16,21H,11H2,1-2H3,(H2,20,25)(H,22,26)/t16-/m0/s1. The Bertz CT molecular complexity index is 1080. The summed E-state index contributed by atoms with van der Waals surface area (Å²) in [6, 6.07) is 12.7. The second kappa shape index (κ2) is 8.02. The number of nitrogens with two attached hydrogens (primary N) is 1. The van der Waals surface area contributed by atoms with Gasteiger partial charge in [-0.25, -0.2) is 13.1 Å². The Morgan fingerprint density at radius 3 is 2.48 bits per heavy atom. The molecule has 0 aromatic heterocycles. The first-order valence-electron chi connectivity index (χ1n) is 8.79. The third-order valence-corrected chi connectivity index (χ3v) is 6.08. The van der Waals surface area contributed by atoms with Crippen molar-refractivity contribution in [1.29, 1.82) is 0 Å². The van der Waals surface area contributed by atoms with E-state index < -0.39 is 27.9 Å². The van der Waals surface area contributed by atoms with E-state index in [1.54, 1.807) is 43.3 Å². The lowest BCUT2D eigenvalue weighted by Crippen LogP contribution is -2.39. The molecule has 29 heavy (non-hydrogen) atoms. The van der Waals surface area contributed by atoms with Crippen LogP contribution in [0.15, 0.2) is 58.5 Å². The number of hydrazone groups is 1. The van der Waals surface area contributed by atoms with Crippen LogP contribution in [0.25, 0.3) is 0 Å². The summed E-state index contributed by atoms with van der Waals surface area (Å²) >= 11 is 0. The summed E-state index contributed by atoms with van der Waals surface area (Å²) in [5, 5.41) is 8.33. The number of hydrogen-bond donors (Lipinski definition) is 3. The molecule has 0 spiro atoms. The van der Waals surface area contributed by atoms with Crippen LogP contribution in [0.4, 0.5) is 11.4 Å². The van der Waals surface area contributed by atoms with Crippen molar-refractivity contribution >= 4 is 38.9 Å². The van der Waals surface area contributed by atoms with Crippen molar-refractivity contribution in [2.45, 2.75) is 24.3 Å². The van der Waals surface area contributed by atoms with Crippen molar-refractivity contribution < 1.29 is 18.0 Å². The van der Waals surface area contributed by atoms with E-state index in [0.717, 1.165) is 0 Å². The zero-order valence-corrected chi connectivity index (χ0v) is 16.7. The Morgan fingerprint density at radius 1 is 1.17 bits per heavy atom. The lowest BCUT2D eigenvalue weighted by molar-refractivity contribution is -0.119. The zero-order valence-electron chi connectivity index (χ0n) is 15.9. The molecule has 10 heteroatoms. The molecule has 1 atom stereocenters. The Hall–Kier alpha value is -3.24. The molecule has 2 amide bonds. The molecule has 0 fully saturated rings. The highest BCUT2D eigenvalue weighted by Gasteiger charge is 2.35. The molecule has 0 unspecified atom stereocenters. The number of hydrogen-bond acceptors (Lipinski definition) is 6. The van der Waals surface area contributed by atoms with Gasteiger partial charge in [-0.1, -0.05) is 24.3 Å². The number of carbonyl (C=O) groups excluding carboxylic acids is 2. The first kappa shape index (κ1) is 20.5. The van der Waals surface area contributed by atoms with E-state index in [4.69, 9.17) is 5.73 Å². The van der Waals surface area contributed by atoms with E-state index >= 15 is 0 Å². The van der Waals surface area contributed by atoms with Gasteiger partial charge in [-0.3, -0.25) is 14.6 Å². The van der Waals surface area contributed by atoms with Gasteiger partial charge in [0.05, 0.1) is 10.6 Å². The van der Waals surface area contributed by atoms with Crippen LogP contribution in [-0.4, -0.2) is 39.0 Å². The normalized spacial score (nSPS) is 16.4. The fourth-order valence-corrected chi connectivity index (χ4v) is 3.96. The average Bonchev–Trinajstić information content (AvgIpc) is 3.16. The number of carbonyl (C=O) groups is 2. The van der Waals surface area contributed by atoms with Crippen LogP contribution in [0, 0.1) is 6.92 Å². The molecule has 0 saturated carbocycles. The summed E-state index contributed by atoms with van der Waals surface area (Å²) in [5.41, 5.74) is 7.08. The van der Waals surface area contributed by atoms with E-state index in [1.165, 1.54) is 18.1 Å². The largest absolute Gasteiger partial charge is 0.368 e. The molecule has 1 aliphatic heterocycles. The van der Waals surface area contributed by atoms with Gasteiger partial charge in [0.2, 0.25) is 15.9 Å². The molecular formula is C19H21N5O4S. The quantitative estimate of drug-likeness (QED) is 0.646. The molecule has 0 aliphatic carbocycles. The summed E-state index contributed by atoms with van der Waals surface area (Å²) < 4.78 is 26.5. The zero-order chi connectivity index (χ0) is 21.2. The highest BCUT2D eigenvalue weighted by Crippen LogP contribution is 2.25. The summed E-state index contributed by atoms with van der Waals surface area (Å²) in [6.45, 7) is 1.66. The number of para-hydroxylation sites is 1. The minimum Gasteiger partial charge on any atom is -0.368 e. The second-order valence-electron chi connectivity index (χ2n) is 6.49. The lowest BCUT2D eigenvalue weighted by atomic mass is 10.1. The molecule has 0 saturated heterocycles. The molecule has 1 aliphatic rings. The minimum absolute atomic E-state index is 0.0452. The highest BCUT2D eigenvalue weighted by molar-refractivity contribution is 7.89. The van der Waals surface area contributed by atoms with Crippen LogP contribution in [0.3, 0.4) is 0 Å². The molecule has 2 aromatic rings. The van der Waals surface area contributed by atoms with E-state index in [-0.39, 0.29) is 17.0 Å². The predicted octanol–water partition coefficient (Wildman–Crippen LogP) is 0.962. The van der Waals surface area contributed by atoms with Crippen LogP contribution in [-0.2, 0) is 19.6 Å². The maximum Gasteiger partial charge on any atom is 0.271 e. The molecular weight excluding hydrogens is 394 g/mol. The Morgan fingerprint density at radius 2 is 1.86 bits per heavy atom. The van der Waals surface area contributed by atoms with Crippen LogP contribution < -0.4 is 20.8 Å². The minimum atomic E-state index is -3.67. The molecule has 2 aromatic carbocycles. The fraction of sp³-hybridized carbons (Fsp3) is 0.211. The number of amides is 2. The molecule has 0 radical (unpaired) electrons. The summed E-state index contributed by atoms with van der Waals surface area (Å²) in [7, 11) is -2.36. The van der Waals surface area contributed by atoms with Crippen molar-refractivity contribution in [3.63, 3.8) is 0 Å². The van der Waals surface area contributed by atoms with Gasteiger partial charge < -0.3 is 11.1 Å². The van der Waals surface area contributed by atoms with E-state index in [2.05, 4.69) is 15.1 Å². The Labute approximate surface area is 168 Å². The fourth-order valence-electron chi connectivity index (χ4n) is 2.97. The van der Waals surface area contributed by atoms with Gasteiger partial charge in [0, 0.05) is 12.1 Å². The maximum atomic E-state index is 12.7. The first-order chi connectivity index (χ1) is 13.7. The van der Waals surface area contributed by atoms with Gasteiger partial charge in [0.15, 0.2) is 0 Å². The number of rotatable bonds is 6. The van der Waals surface area contributed by atoms with Crippen molar-refractivity contribution in [1.82, 2.24) is 4.72 Å². The SMILES string of the molecule is CNS(=O)(=O)c1cc(NC(=O)C2=NN(c3ccccc3)[C@H](C(N)=O)C2)ccc1C. The second-order valence-corrected chi connectivity index (χ2v) is 8.35. The lowest BCUT2D eigenvalue weighted by Gasteiger charge is -2.20. The van der Waals surface area contributed by atoms with Crippen molar-refractivity contribution in [2.75, 3.05) is 17.4 Å². The molecule has 0 bridgehead atoms. The van der Waals surface area contributed by atoms with E-state index in [0.29, 0.717) is 16.9 Å². The van der Waals surface area contributed by atoms with Crippen LogP contribution in [0.5, 0.6) is 0 Å². The number of anilines is 2. The summed E-state index contributed by atoms with van der Waals surface area (Å²) in [5.74, 6) is -1.13. The third kappa shape index (κ3) is 4.28. The van der Waals surface area contributed by atoms with Gasteiger partial charge in [-0.2, -0.15) is 5.10 Å². The predicted molar refractivity (Wildman–Crippen MR) is 110 cm³/mol. The first-order valence-corrected chi connectivity index (χ1v) is 10.3. The molecule has 1 heterocycles. The molecule has 3 rings (SSSR count). The summed E-state index contributed by atoms with van der Waals surface area (Å²) in [4.78, 5) is 24.6. The van der Waals surface area contributed by atoms with Crippen molar-refractivity contribution in [3.8, 4) is 0 Å². The number of nitrogens with one attached hydrogen (secondary N) is 2. The van der Waals surface area contributed by atoms with Crippen LogP contribution in [0.1, 0.15) is 12.0 Å². The number of nitrogens with zero attached hydrogens (tertiary/aromatic N) is 2. The van der Waals surface area contributed by atoms with E-state index in [1.807, 2.05) is 6.07 Å². The van der Waals surface area contributed by atoms with Crippen LogP contribution >= 0.6 is 0 Å². The monoisotopic (exact) mass is 415 g/mol. The van der Waals surface area contributed by atoms with Gasteiger partial charge in [0.25, 0.3) is 5.91 Å². The number of aryl methyl sites for hydroxylation is 1. The van der Waals surface area contributed by atoms with Gasteiger partial charge >= 0.3 is 0 Å². The third-order valence-electron chi connectivity index (χ3n) is 4.53. The average molecular weight is 415 g/mol. The van der Waals surface area contributed by atoms with Crippen molar-refractivity contribution in [2.24, 2.45) is 10.8 Å². The molecule has 4 N–H and O–H groups in total. The van der Waals surface area contributed by atoms with Gasteiger partial charge in [-0.15, -0.1) is 0 Å². The number of primary amides is 1. The number of benzene rings is 2. The highest BCUT2D eigenvalue weighted by atomic mass is 32.2. The Balaban J connectivity index is 1.86. The van der Waals surface area contributed by atoms with Gasteiger partial charge in [-0.05, 0) is 43.8 Å². The van der Waals surface area contributed by atoms with Gasteiger partial charge in [0.1, 0.15) is 11.8 Å². The van der Waals surface area contributed by atoms with E-state index in [9.17, 15) is 18.0 Å². The molecule has 9 nitrogen and oxygen atoms in total.